The first-order valence-electron chi connectivity index (χ1n) is 10.3. The van der Waals surface area contributed by atoms with Crippen LogP contribution in [-0.4, -0.2) is 37.7 Å². The second-order valence-electron chi connectivity index (χ2n) is 6.80. The van der Waals surface area contributed by atoms with Gasteiger partial charge in [0.1, 0.15) is 5.82 Å². The Kier molecular flexibility index (Phi) is 8.62. The first-order chi connectivity index (χ1) is 14.5. The number of pyridine rings is 1. The number of fused-ring (bicyclic) bond motifs is 1. The fourth-order valence-corrected chi connectivity index (χ4v) is 3.59. The molecule has 160 valence electrons. The van der Waals surface area contributed by atoms with Gasteiger partial charge in [-0.3, -0.25) is 4.79 Å². The van der Waals surface area contributed by atoms with Crippen molar-refractivity contribution >= 4 is 28.8 Å². The van der Waals surface area contributed by atoms with Gasteiger partial charge in [-0.2, -0.15) is 0 Å². The fraction of sp³-hybridized carbons (Fsp3) is 0.333. The maximum atomic E-state index is 8.58. The molecule has 30 heavy (non-hydrogen) atoms. The average Bonchev–Trinajstić information content (AvgIpc) is 2.77. The van der Waals surface area contributed by atoms with Crippen molar-refractivity contribution < 1.29 is 9.53 Å². The molecule has 0 saturated carbocycles. The third kappa shape index (κ3) is 5.27. The molecule has 4 rings (SSSR count). The normalized spacial score (nSPS) is 13.0. The number of amides is 1. The van der Waals surface area contributed by atoms with Gasteiger partial charge in [0.15, 0.2) is 0 Å². The number of carbonyl (C=O) groups excluding carboxylic acids is 1. The van der Waals surface area contributed by atoms with Crippen molar-refractivity contribution in [2.45, 2.75) is 27.7 Å². The van der Waals surface area contributed by atoms with E-state index < -0.39 is 0 Å². The lowest BCUT2D eigenvalue weighted by atomic mass is 9.96. The summed E-state index contributed by atoms with van der Waals surface area (Å²) in [5.41, 5.74) is 17.2. The Hall–Kier alpha value is -3.12. The first kappa shape index (κ1) is 23.2. The molecule has 1 saturated heterocycles. The molecule has 0 unspecified atom stereocenters. The Morgan fingerprint density at radius 3 is 2.23 bits per heavy atom. The quantitative estimate of drug-likeness (QED) is 0.624. The molecule has 0 atom stereocenters. The van der Waals surface area contributed by atoms with Crippen LogP contribution in [0.15, 0.2) is 42.5 Å². The summed E-state index contributed by atoms with van der Waals surface area (Å²) in [6.45, 7) is 11.7. The molecule has 4 N–H and O–H groups in total. The Balaban J connectivity index is 0.000000590. The average molecular weight is 409 g/mol. The number of carbonyl (C=O) groups is 1. The highest BCUT2D eigenvalue weighted by Gasteiger charge is 2.14. The van der Waals surface area contributed by atoms with Crippen molar-refractivity contribution in [3.8, 4) is 11.1 Å². The highest BCUT2D eigenvalue weighted by molar-refractivity contribution is 5.93. The van der Waals surface area contributed by atoms with Crippen molar-refractivity contribution in [1.82, 2.24) is 4.98 Å². The largest absolute Gasteiger partial charge is 0.383 e. The predicted octanol–water partition coefficient (Wildman–Crippen LogP) is 4.07. The molecule has 2 heterocycles. The Bertz CT molecular complexity index is 965. The van der Waals surface area contributed by atoms with Crippen LogP contribution in [0.25, 0.3) is 22.0 Å². The van der Waals surface area contributed by atoms with Crippen molar-refractivity contribution in [2.24, 2.45) is 5.73 Å². The maximum absolute atomic E-state index is 8.58. The standard InChI is InChI=1S/C21H23N3O.C2H6.CH3NO/c1-14-3-8-19-18(13-14)15(2)20(21(22)23-19)16-4-6-17(7-5-16)24-9-11-25-12-10-24;1-2;2-1-3/h3-8,13H,9-12H2,1-2H3,(H2,22,23);1-2H3;1H,(H2,2,3). The zero-order valence-corrected chi connectivity index (χ0v) is 18.3. The van der Waals surface area contributed by atoms with Crippen molar-refractivity contribution in [2.75, 3.05) is 36.9 Å². The molecule has 0 radical (unpaired) electrons. The first-order valence-corrected chi connectivity index (χ1v) is 10.3. The van der Waals surface area contributed by atoms with Gasteiger partial charge in [-0.15, -0.1) is 0 Å². The molecule has 1 aromatic heterocycles. The molecule has 0 aliphatic carbocycles. The van der Waals surface area contributed by atoms with Crippen LogP contribution in [0.3, 0.4) is 0 Å². The fourth-order valence-electron chi connectivity index (χ4n) is 3.59. The lowest BCUT2D eigenvalue weighted by Gasteiger charge is -2.29. The summed E-state index contributed by atoms with van der Waals surface area (Å²) in [5, 5.41) is 1.17. The number of aryl methyl sites for hydroxylation is 2. The number of ether oxygens (including phenoxy) is 1. The number of aromatic nitrogens is 1. The van der Waals surface area contributed by atoms with Gasteiger partial charge in [-0.05, 0) is 49.2 Å². The number of morpholine rings is 1. The summed E-state index contributed by atoms with van der Waals surface area (Å²) in [7, 11) is 0. The number of rotatable bonds is 2. The van der Waals surface area contributed by atoms with Crippen LogP contribution in [-0.2, 0) is 9.53 Å². The predicted molar refractivity (Wildman–Crippen MR) is 126 cm³/mol. The number of anilines is 2. The summed E-state index contributed by atoms with van der Waals surface area (Å²) in [6.07, 6.45) is 0.250. The number of hydrogen-bond donors (Lipinski definition) is 2. The topological polar surface area (TPSA) is 94.5 Å². The Labute approximate surface area is 178 Å². The van der Waals surface area contributed by atoms with E-state index in [1.54, 1.807) is 0 Å². The van der Waals surface area contributed by atoms with E-state index in [0.29, 0.717) is 5.82 Å². The number of hydrogen-bond acceptors (Lipinski definition) is 5. The molecule has 0 bridgehead atoms. The molecular weight excluding hydrogens is 376 g/mol. The van der Waals surface area contributed by atoms with E-state index >= 15 is 0 Å². The van der Waals surface area contributed by atoms with Gasteiger partial charge in [-0.1, -0.05) is 37.6 Å². The highest BCUT2D eigenvalue weighted by atomic mass is 16.5. The van der Waals surface area contributed by atoms with E-state index in [1.807, 2.05) is 19.9 Å². The molecule has 2 aromatic carbocycles. The lowest BCUT2D eigenvalue weighted by molar-refractivity contribution is -0.106. The maximum Gasteiger partial charge on any atom is 0.204 e. The summed E-state index contributed by atoms with van der Waals surface area (Å²) < 4.78 is 5.43. The molecule has 0 spiro atoms. The summed E-state index contributed by atoms with van der Waals surface area (Å²) in [4.78, 5) is 15.6. The van der Waals surface area contributed by atoms with E-state index in [0.717, 1.165) is 42.9 Å². The lowest BCUT2D eigenvalue weighted by Crippen LogP contribution is -2.36. The van der Waals surface area contributed by atoms with E-state index in [1.165, 1.54) is 22.2 Å². The van der Waals surface area contributed by atoms with Crippen LogP contribution in [0.4, 0.5) is 11.5 Å². The minimum atomic E-state index is 0.250. The Morgan fingerprint density at radius 2 is 1.63 bits per heavy atom. The minimum absolute atomic E-state index is 0.250. The number of primary amides is 1. The van der Waals surface area contributed by atoms with Gasteiger partial charge >= 0.3 is 0 Å². The minimum Gasteiger partial charge on any atom is -0.383 e. The second-order valence-corrected chi connectivity index (χ2v) is 6.80. The molecule has 1 fully saturated rings. The van der Waals surface area contributed by atoms with Gasteiger partial charge in [0.05, 0.1) is 18.7 Å². The SMILES string of the molecule is CC.Cc1ccc2nc(N)c(-c3ccc(N4CCOCC4)cc3)c(C)c2c1.NC=O. The molecule has 1 amide bonds. The molecule has 6 nitrogen and oxygen atoms in total. The smallest absolute Gasteiger partial charge is 0.204 e. The molecule has 3 aromatic rings. The molecule has 1 aliphatic rings. The van der Waals surface area contributed by atoms with Gasteiger partial charge in [0.25, 0.3) is 0 Å². The number of nitrogens with two attached hydrogens (primary N) is 2. The third-order valence-electron chi connectivity index (χ3n) is 4.96. The molecular formula is C24H32N4O2. The van der Waals surface area contributed by atoms with Crippen LogP contribution in [0.2, 0.25) is 0 Å². The van der Waals surface area contributed by atoms with Crippen LogP contribution in [0.1, 0.15) is 25.0 Å². The van der Waals surface area contributed by atoms with E-state index in [2.05, 4.69) is 65.9 Å². The zero-order chi connectivity index (χ0) is 22.1. The van der Waals surface area contributed by atoms with Gasteiger partial charge < -0.3 is 21.1 Å². The summed E-state index contributed by atoms with van der Waals surface area (Å²) in [6, 6.07) is 14.9. The molecule has 6 heteroatoms. The van der Waals surface area contributed by atoms with Crippen LogP contribution in [0, 0.1) is 13.8 Å². The second kappa shape index (κ2) is 11.2. The van der Waals surface area contributed by atoms with Crippen LogP contribution < -0.4 is 16.4 Å². The highest BCUT2D eigenvalue weighted by Crippen LogP contribution is 2.34. The third-order valence-corrected chi connectivity index (χ3v) is 4.96. The summed E-state index contributed by atoms with van der Waals surface area (Å²) in [5.74, 6) is 0.591. The van der Waals surface area contributed by atoms with Gasteiger partial charge in [0.2, 0.25) is 6.41 Å². The molecule has 1 aliphatic heterocycles. The number of nitrogen functional groups attached to an aromatic ring is 1. The van der Waals surface area contributed by atoms with E-state index in [4.69, 9.17) is 15.3 Å². The Morgan fingerprint density at radius 1 is 1.03 bits per heavy atom. The van der Waals surface area contributed by atoms with E-state index in [-0.39, 0.29) is 6.41 Å². The van der Waals surface area contributed by atoms with Gasteiger partial charge in [-0.25, -0.2) is 4.98 Å². The monoisotopic (exact) mass is 408 g/mol. The number of benzene rings is 2. The zero-order valence-electron chi connectivity index (χ0n) is 18.3. The van der Waals surface area contributed by atoms with Crippen LogP contribution >= 0.6 is 0 Å². The van der Waals surface area contributed by atoms with Gasteiger partial charge in [0, 0.05) is 29.7 Å². The van der Waals surface area contributed by atoms with Crippen molar-refractivity contribution in [3.05, 3.63) is 53.6 Å². The summed E-state index contributed by atoms with van der Waals surface area (Å²) >= 11 is 0. The van der Waals surface area contributed by atoms with Crippen molar-refractivity contribution in [1.29, 1.82) is 0 Å². The van der Waals surface area contributed by atoms with Crippen molar-refractivity contribution in [3.63, 3.8) is 0 Å². The van der Waals surface area contributed by atoms with Crippen LogP contribution in [0.5, 0.6) is 0 Å². The number of nitrogens with zero attached hydrogens (tertiary/aromatic N) is 2. The van der Waals surface area contributed by atoms with E-state index in [9.17, 15) is 0 Å².